The monoisotopic (exact) mass is 1990 g/mol. The first kappa shape index (κ1) is 122. The predicted molar refractivity (Wildman–Crippen MR) is 621 cm³/mol. The van der Waals surface area contributed by atoms with E-state index in [9.17, 15) is 0 Å². The summed E-state index contributed by atoms with van der Waals surface area (Å²) in [4.78, 5) is 28.3. The lowest BCUT2D eigenvalue weighted by molar-refractivity contribution is 0.171. The van der Waals surface area contributed by atoms with Crippen molar-refractivity contribution in [2.45, 2.75) is 235 Å². The van der Waals surface area contributed by atoms with Crippen LogP contribution in [0.2, 0.25) is 0 Å². The fourth-order valence-electron chi connectivity index (χ4n) is 12.4. The van der Waals surface area contributed by atoms with E-state index in [4.69, 9.17) is 27.1 Å². The van der Waals surface area contributed by atoms with E-state index in [0.717, 1.165) is 79.8 Å². The van der Waals surface area contributed by atoms with Crippen LogP contribution in [0.15, 0.2) is 309 Å². The Labute approximate surface area is 861 Å². The molecule has 0 unspecified atom stereocenters. The first-order chi connectivity index (χ1) is 66.9. The van der Waals surface area contributed by atoms with Crippen molar-refractivity contribution in [2.75, 3.05) is 13.2 Å². The zero-order valence-corrected chi connectivity index (χ0v) is 94.9. The molecule has 10 nitrogen and oxygen atoms in total. The van der Waals surface area contributed by atoms with Crippen molar-refractivity contribution in [3.8, 4) is 11.5 Å². The smallest absolute Gasteiger partial charge is 0.175 e. The number of furan rings is 4. The zero-order chi connectivity index (χ0) is 103. The zero-order valence-electron chi connectivity index (χ0n) is 89.2. The number of benzene rings is 7. The summed E-state index contributed by atoms with van der Waals surface area (Å²) in [5, 5.41) is 7.75. The van der Waals surface area contributed by atoms with Crippen molar-refractivity contribution in [2.24, 2.45) is 0 Å². The summed E-state index contributed by atoms with van der Waals surface area (Å²) in [6, 6.07) is 91.6. The second kappa shape index (κ2) is 69.2. The van der Waals surface area contributed by atoms with Crippen LogP contribution in [-0.4, -0.2) is 33.1 Å². The van der Waals surface area contributed by atoms with Gasteiger partial charge in [0.05, 0.1) is 16.1 Å². The molecule has 139 heavy (non-hydrogen) atoms. The maximum atomic E-state index is 5.46. The molecule has 0 N–H and O–H groups in total. The molecule has 0 spiro atoms. The van der Waals surface area contributed by atoms with Gasteiger partial charge in [-0.05, 0) is 306 Å². The highest BCUT2D eigenvalue weighted by molar-refractivity contribution is 7.27. The average molecular weight is 2000 g/mol. The second-order valence-corrected chi connectivity index (χ2v) is 40.0. The highest BCUT2D eigenvalue weighted by Crippen LogP contribution is 2.43. The number of hydrogen-bond donors (Lipinski definition) is 0. The van der Waals surface area contributed by atoms with Gasteiger partial charge in [-0.1, -0.05) is 240 Å². The minimum Gasteiger partial charge on any atom is -0.485 e. The number of rotatable bonds is 0. The molecule has 14 aromatic heterocycles. The van der Waals surface area contributed by atoms with Crippen LogP contribution in [-0.2, 0) is 0 Å². The molecule has 1 aliphatic heterocycles. The van der Waals surface area contributed by atoms with Gasteiger partial charge in [0.15, 0.2) is 11.5 Å². The van der Waals surface area contributed by atoms with E-state index in [-0.39, 0.29) is 0 Å². The van der Waals surface area contributed by atoms with Crippen molar-refractivity contribution in [1.29, 1.82) is 0 Å². The quantitative estimate of drug-likeness (QED) is 0.145. The Balaban J connectivity index is 0.000000383. The molecule has 0 saturated carbocycles. The van der Waals surface area contributed by atoms with Gasteiger partial charge in [0.1, 0.15) is 58.8 Å². The fraction of sp³-hybridized carbons (Fsp3) is 0.295. The second-order valence-electron chi connectivity index (χ2n) is 30.6. The third kappa shape index (κ3) is 47.3. The molecule has 1 aliphatic rings. The Morgan fingerprint density at radius 1 is 0.201 bits per heavy atom. The topological polar surface area (TPSA) is 123 Å². The van der Waals surface area contributed by atoms with Gasteiger partial charge in [0.2, 0.25) is 0 Å². The number of aryl methyl sites for hydroxylation is 22. The van der Waals surface area contributed by atoms with Gasteiger partial charge in [-0.3, -0.25) is 19.9 Å². The molecule has 0 radical (unpaired) electrons. The third-order valence-corrected chi connectivity index (χ3v) is 25.5. The SMILES string of the molecule is CC.CC.CC.CC.CC.CC.Cc1cc2ccccc2o1.Cc1cc2ccccc2s1.Cc1cc2sc(C)cc2o1.Cc1cc2sc(C)cc2s1.Cc1ccc(C)nc1.Cc1ccc(C)o1.Cc1ccc(C)s1.Cc1ccc2cc(C)oc2c1.Cc1ccc2cc(C)sc2c1.Cc1ccc2ccccc2c1.Cc1ccccn1.Cc1cnc(C)cn1.Cc1sc(C)c2c1OCCO2.c1ccccc1. The average Bonchev–Trinajstić information content (AvgIpc) is 1.70. The van der Waals surface area contributed by atoms with Gasteiger partial charge >= 0.3 is 0 Å². The van der Waals surface area contributed by atoms with E-state index in [0.29, 0.717) is 13.2 Å². The van der Waals surface area contributed by atoms with E-state index in [1.807, 2.05) is 318 Å². The lowest BCUT2D eigenvalue weighted by Crippen LogP contribution is -2.14. The molecule has 0 aliphatic carbocycles. The number of thiophene rings is 7. The lowest BCUT2D eigenvalue weighted by Gasteiger charge is -2.15. The van der Waals surface area contributed by atoms with Crippen LogP contribution in [0.3, 0.4) is 0 Å². The van der Waals surface area contributed by atoms with Crippen LogP contribution in [0, 0.1) is 152 Å². The first-order valence-electron chi connectivity index (χ1n) is 48.1. The van der Waals surface area contributed by atoms with Crippen molar-refractivity contribution < 1.29 is 27.1 Å². The number of aromatic nitrogens is 4. The van der Waals surface area contributed by atoms with Crippen LogP contribution >= 0.6 is 79.4 Å². The highest BCUT2D eigenvalue weighted by atomic mass is 32.1. The van der Waals surface area contributed by atoms with Gasteiger partial charge in [-0.15, -0.1) is 79.4 Å². The van der Waals surface area contributed by atoms with E-state index in [1.54, 1.807) is 41.3 Å². The summed E-state index contributed by atoms with van der Waals surface area (Å²) in [6.45, 7) is 70.4. The van der Waals surface area contributed by atoms with Gasteiger partial charge < -0.3 is 27.1 Å². The highest BCUT2D eigenvalue weighted by Gasteiger charge is 2.19. The minimum atomic E-state index is 0.685. The van der Waals surface area contributed by atoms with Crippen LogP contribution in [0.5, 0.6) is 11.5 Å². The number of ether oxygens (including phenoxy) is 2. The molecule has 0 bridgehead atoms. The summed E-state index contributed by atoms with van der Waals surface area (Å²) in [5.74, 6) is 6.83. The largest absolute Gasteiger partial charge is 0.485 e. The molecule has 740 valence electrons. The van der Waals surface area contributed by atoms with E-state index in [1.165, 1.54) is 122 Å². The Morgan fingerprint density at radius 3 is 1.02 bits per heavy atom. The fourth-order valence-corrected chi connectivity index (χ4v) is 19.3. The van der Waals surface area contributed by atoms with E-state index >= 15 is 0 Å². The molecule has 22 rings (SSSR count). The molecular weight excluding hydrogens is 1840 g/mol. The van der Waals surface area contributed by atoms with Gasteiger partial charge in [-0.25, -0.2) is 0 Å². The van der Waals surface area contributed by atoms with Crippen molar-refractivity contribution >= 4 is 152 Å². The van der Waals surface area contributed by atoms with E-state index in [2.05, 4.69) is 267 Å². The molecule has 7 aromatic carbocycles. The summed E-state index contributed by atoms with van der Waals surface area (Å²) in [7, 11) is 0. The molecule has 0 amide bonds. The summed E-state index contributed by atoms with van der Waals surface area (Å²) in [5.41, 5.74) is 12.2. The van der Waals surface area contributed by atoms with Crippen molar-refractivity contribution in [3.05, 3.63) is 409 Å². The molecule has 0 atom stereocenters. The number of para-hydroxylation sites is 1. The summed E-state index contributed by atoms with van der Waals surface area (Å²) >= 11 is 12.8. The Bertz CT molecular complexity index is 6140. The first-order valence-corrected chi connectivity index (χ1v) is 53.8. The van der Waals surface area contributed by atoms with Crippen molar-refractivity contribution in [3.63, 3.8) is 0 Å². The van der Waals surface area contributed by atoms with Crippen LogP contribution in [0.1, 0.15) is 201 Å². The van der Waals surface area contributed by atoms with Gasteiger partial charge in [-0.2, -0.15) is 0 Å². The molecule has 15 heterocycles. The number of pyridine rings is 2. The van der Waals surface area contributed by atoms with Crippen LogP contribution < -0.4 is 9.47 Å². The standard InChI is InChI=1S/C11H10.C10H10O.C10H10S.C9H8O.C9H8S.C8H10O2S.C8H8OS.C8H8S2.C7H9N.C6H8N2.C6H7N.C6H8O.C6H8S.C6H6.6C2H6/c1-9-6-7-10-4-2-3-5-11(10)8-9;2*1-7-3-4-9-6-8(2)11-10(9)5-7;2*1-7-6-8-4-2-3-5-9(8)10-7;1-5-7-8(6(2)11-5)10-4-3-9-7;1-5-3-8-7(9-5)4-6(2)10-8;1-5-3-7-8(9-5)4-6(2)10-7;1-6-3-4-7(2)8-5-6;1-5-3-8-6(2)4-7-5;1-6-4-2-3-5-7-6;2*1-5-3-4-6(2)7-5;1-2-4-6-5-3-1;6*1-2/h2-8H,1H3;2*3-6H,1-2H3;2*2-6H,1H3;3-4H2,1-2H3;2*3-4H,1-2H3;3-5H,1-2H3;3-4H,1-2H3;2-5H,1H3;2*3-4H,1-2H3;1-6H;6*1-2H3. The molecular formula is C122H154N4O6S7. The Hall–Kier alpha value is -11.6. The number of fused-ring (bicyclic) bond motifs is 8. The van der Waals surface area contributed by atoms with Gasteiger partial charge in [0, 0.05) is 110 Å². The maximum Gasteiger partial charge on any atom is 0.175 e. The van der Waals surface area contributed by atoms with Crippen molar-refractivity contribution in [1.82, 2.24) is 19.9 Å². The summed E-state index contributed by atoms with van der Waals surface area (Å²) < 4.78 is 39.2. The summed E-state index contributed by atoms with van der Waals surface area (Å²) in [6.07, 6.45) is 7.18. The molecule has 17 heteroatoms. The third-order valence-electron chi connectivity index (χ3n) is 18.4. The Kier molecular flexibility index (Phi) is 60.5. The minimum absolute atomic E-state index is 0.685. The molecule has 0 fully saturated rings. The normalized spacial score (nSPS) is 9.86. The Morgan fingerprint density at radius 2 is 0.583 bits per heavy atom. The molecule has 21 aromatic rings. The van der Waals surface area contributed by atoms with E-state index < -0.39 is 0 Å². The number of hydrogen-bond acceptors (Lipinski definition) is 17. The predicted octanol–water partition coefficient (Wildman–Crippen LogP) is 40.8. The maximum absolute atomic E-state index is 5.46. The van der Waals surface area contributed by atoms with Crippen LogP contribution in [0.4, 0.5) is 0 Å². The lowest BCUT2D eigenvalue weighted by atomic mass is 10.1. The van der Waals surface area contributed by atoms with Crippen LogP contribution in [0.25, 0.3) is 72.6 Å². The number of nitrogens with zero attached hydrogens (tertiary/aromatic N) is 4. The molecule has 0 saturated heterocycles. The van der Waals surface area contributed by atoms with Gasteiger partial charge in [0.25, 0.3) is 0 Å².